The Morgan fingerprint density at radius 2 is 2.20 bits per heavy atom. The van der Waals surface area contributed by atoms with Crippen molar-refractivity contribution in [2.24, 2.45) is 0 Å². The SMILES string of the molecule is O=C(O)C1=C(N2CCOCC2)CC(n2cncn2)C=C1. The Morgan fingerprint density at radius 3 is 2.85 bits per heavy atom. The fourth-order valence-electron chi connectivity index (χ4n) is 2.58. The molecule has 0 aromatic carbocycles. The van der Waals surface area contributed by atoms with Crippen LogP contribution in [0.4, 0.5) is 0 Å². The molecular weight excluding hydrogens is 260 g/mol. The summed E-state index contributed by atoms with van der Waals surface area (Å²) in [6, 6.07) is 0.0124. The van der Waals surface area contributed by atoms with Crippen LogP contribution in [0, 0.1) is 0 Å². The minimum absolute atomic E-state index is 0.0124. The van der Waals surface area contributed by atoms with Crippen LogP contribution in [0.5, 0.6) is 0 Å². The summed E-state index contributed by atoms with van der Waals surface area (Å²) in [7, 11) is 0. The quantitative estimate of drug-likeness (QED) is 0.863. The van der Waals surface area contributed by atoms with Gasteiger partial charge in [0.25, 0.3) is 0 Å². The molecule has 2 heterocycles. The number of carbonyl (C=O) groups is 1. The van der Waals surface area contributed by atoms with Crippen molar-refractivity contribution in [3.05, 3.63) is 36.1 Å². The summed E-state index contributed by atoms with van der Waals surface area (Å²) >= 11 is 0. The molecule has 1 atom stereocenters. The van der Waals surface area contributed by atoms with Crippen molar-refractivity contribution in [1.82, 2.24) is 19.7 Å². The van der Waals surface area contributed by atoms with E-state index in [1.165, 1.54) is 6.33 Å². The molecule has 1 unspecified atom stereocenters. The summed E-state index contributed by atoms with van der Waals surface area (Å²) < 4.78 is 7.07. The second-order valence-corrected chi connectivity index (χ2v) is 4.77. The molecule has 1 aliphatic heterocycles. The molecule has 20 heavy (non-hydrogen) atoms. The number of ether oxygens (including phenoxy) is 1. The zero-order valence-electron chi connectivity index (χ0n) is 11.0. The fourth-order valence-corrected chi connectivity index (χ4v) is 2.58. The maximum Gasteiger partial charge on any atom is 0.337 e. The number of nitrogens with zero attached hydrogens (tertiary/aromatic N) is 4. The van der Waals surface area contributed by atoms with Gasteiger partial charge in [-0.1, -0.05) is 6.08 Å². The molecule has 1 N–H and O–H groups in total. The van der Waals surface area contributed by atoms with Crippen LogP contribution in [0.3, 0.4) is 0 Å². The molecule has 0 radical (unpaired) electrons. The number of morpholine rings is 1. The summed E-state index contributed by atoms with van der Waals surface area (Å²) in [6.45, 7) is 2.72. The number of allylic oxidation sites excluding steroid dienone is 2. The van der Waals surface area contributed by atoms with E-state index in [4.69, 9.17) is 4.74 Å². The predicted molar refractivity (Wildman–Crippen MR) is 69.9 cm³/mol. The van der Waals surface area contributed by atoms with Crippen molar-refractivity contribution >= 4 is 5.97 Å². The van der Waals surface area contributed by atoms with Gasteiger partial charge in [-0.15, -0.1) is 0 Å². The number of hydrogen-bond donors (Lipinski definition) is 1. The van der Waals surface area contributed by atoms with E-state index < -0.39 is 5.97 Å². The largest absolute Gasteiger partial charge is 0.478 e. The first-order chi connectivity index (χ1) is 9.75. The van der Waals surface area contributed by atoms with Gasteiger partial charge in [0.15, 0.2) is 0 Å². The molecular formula is C13H16N4O3. The Balaban J connectivity index is 1.88. The highest BCUT2D eigenvalue weighted by Crippen LogP contribution is 2.29. The minimum atomic E-state index is -0.889. The van der Waals surface area contributed by atoms with Crippen molar-refractivity contribution in [3.8, 4) is 0 Å². The van der Waals surface area contributed by atoms with Crippen LogP contribution in [0.2, 0.25) is 0 Å². The number of carboxylic acids is 1. The molecule has 1 saturated heterocycles. The molecule has 3 rings (SSSR count). The maximum absolute atomic E-state index is 11.4. The van der Waals surface area contributed by atoms with Gasteiger partial charge in [-0.2, -0.15) is 5.10 Å². The summed E-state index contributed by atoms with van der Waals surface area (Å²) in [5.41, 5.74) is 1.21. The van der Waals surface area contributed by atoms with E-state index in [0.29, 0.717) is 25.2 Å². The highest BCUT2D eigenvalue weighted by Gasteiger charge is 2.26. The van der Waals surface area contributed by atoms with Crippen LogP contribution in [0.25, 0.3) is 0 Å². The normalized spacial score (nSPS) is 23.2. The molecule has 106 valence electrons. The zero-order valence-corrected chi connectivity index (χ0v) is 11.0. The number of hydrogen-bond acceptors (Lipinski definition) is 5. The second-order valence-electron chi connectivity index (χ2n) is 4.77. The lowest BCUT2D eigenvalue weighted by Gasteiger charge is -2.34. The highest BCUT2D eigenvalue weighted by molar-refractivity contribution is 5.91. The van der Waals surface area contributed by atoms with Crippen molar-refractivity contribution in [2.75, 3.05) is 26.3 Å². The van der Waals surface area contributed by atoms with E-state index in [-0.39, 0.29) is 6.04 Å². The van der Waals surface area contributed by atoms with E-state index in [1.807, 2.05) is 6.08 Å². The van der Waals surface area contributed by atoms with Crippen molar-refractivity contribution in [3.63, 3.8) is 0 Å². The Hall–Kier alpha value is -2.15. The van der Waals surface area contributed by atoms with Crippen LogP contribution >= 0.6 is 0 Å². The van der Waals surface area contributed by atoms with E-state index in [1.54, 1.807) is 17.1 Å². The molecule has 0 saturated carbocycles. The van der Waals surface area contributed by atoms with Crippen LogP contribution < -0.4 is 0 Å². The van der Waals surface area contributed by atoms with Crippen molar-refractivity contribution in [2.45, 2.75) is 12.5 Å². The molecule has 7 nitrogen and oxygen atoms in total. The average Bonchev–Trinajstić information content (AvgIpc) is 3.02. The van der Waals surface area contributed by atoms with Gasteiger partial charge in [-0.3, -0.25) is 0 Å². The first-order valence-corrected chi connectivity index (χ1v) is 6.57. The van der Waals surface area contributed by atoms with Gasteiger partial charge in [0.05, 0.1) is 24.8 Å². The first kappa shape index (κ1) is 12.9. The topological polar surface area (TPSA) is 80.5 Å². The lowest BCUT2D eigenvalue weighted by Crippen LogP contribution is -2.38. The summed E-state index contributed by atoms with van der Waals surface area (Å²) in [5.74, 6) is -0.889. The lowest BCUT2D eigenvalue weighted by molar-refractivity contribution is -0.132. The molecule has 0 bridgehead atoms. The van der Waals surface area contributed by atoms with Crippen molar-refractivity contribution in [1.29, 1.82) is 0 Å². The van der Waals surface area contributed by atoms with Gasteiger partial charge >= 0.3 is 5.97 Å². The third kappa shape index (κ3) is 2.44. The van der Waals surface area contributed by atoms with Gasteiger partial charge in [-0.05, 0) is 6.08 Å². The Kier molecular flexibility index (Phi) is 3.51. The first-order valence-electron chi connectivity index (χ1n) is 6.57. The Labute approximate surface area is 116 Å². The molecule has 2 aliphatic rings. The second kappa shape index (κ2) is 5.46. The third-order valence-electron chi connectivity index (χ3n) is 3.60. The lowest BCUT2D eigenvalue weighted by atomic mass is 9.98. The van der Waals surface area contributed by atoms with Gasteiger partial charge in [0, 0.05) is 25.2 Å². The molecule has 1 aromatic rings. The zero-order chi connectivity index (χ0) is 13.9. The Bertz CT molecular complexity index is 544. The smallest absolute Gasteiger partial charge is 0.337 e. The third-order valence-corrected chi connectivity index (χ3v) is 3.60. The molecule has 0 amide bonds. The van der Waals surface area contributed by atoms with Crippen molar-refractivity contribution < 1.29 is 14.6 Å². The van der Waals surface area contributed by atoms with E-state index in [2.05, 4.69) is 15.0 Å². The monoisotopic (exact) mass is 276 g/mol. The fraction of sp³-hybridized carbons (Fsp3) is 0.462. The molecule has 7 heteroatoms. The summed E-state index contributed by atoms with van der Waals surface area (Å²) in [4.78, 5) is 17.4. The molecule has 0 spiro atoms. The van der Waals surface area contributed by atoms with E-state index >= 15 is 0 Å². The van der Waals surface area contributed by atoms with Gasteiger partial charge < -0.3 is 14.7 Å². The summed E-state index contributed by atoms with van der Waals surface area (Å²) in [6.07, 6.45) is 7.28. The van der Waals surface area contributed by atoms with Gasteiger partial charge in [0.2, 0.25) is 0 Å². The number of rotatable bonds is 3. The Morgan fingerprint density at radius 1 is 1.40 bits per heavy atom. The van der Waals surface area contributed by atoms with Gasteiger partial charge in [0.1, 0.15) is 12.7 Å². The number of aromatic nitrogens is 3. The van der Waals surface area contributed by atoms with E-state index in [9.17, 15) is 9.90 Å². The van der Waals surface area contributed by atoms with E-state index in [0.717, 1.165) is 18.8 Å². The predicted octanol–water partition coefficient (Wildman–Crippen LogP) is 0.450. The summed E-state index contributed by atoms with van der Waals surface area (Å²) in [5, 5.41) is 13.5. The van der Waals surface area contributed by atoms with Crippen LogP contribution in [0.1, 0.15) is 12.5 Å². The van der Waals surface area contributed by atoms with Crippen LogP contribution in [-0.4, -0.2) is 57.0 Å². The maximum atomic E-state index is 11.4. The highest BCUT2D eigenvalue weighted by atomic mass is 16.5. The van der Waals surface area contributed by atoms with Crippen LogP contribution in [-0.2, 0) is 9.53 Å². The average molecular weight is 276 g/mol. The number of carboxylic acid groups (broad SMARTS) is 1. The molecule has 1 aliphatic carbocycles. The van der Waals surface area contributed by atoms with Crippen LogP contribution in [0.15, 0.2) is 36.1 Å². The molecule has 1 aromatic heterocycles. The molecule has 1 fully saturated rings. The van der Waals surface area contributed by atoms with Gasteiger partial charge in [-0.25, -0.2) is 14.5 Å². The number of aliphatic carboxylic acids is 1. The standard InChI is InChI=1S/C13H16N4O3/c18-13(19)11-2-1-10(17-9-14-8-15-17)7-12(11)16-3-5-20-6-4-16/h1-2,8-10H,3-7H2,(H,18,19). The minimum Gasteiger partial charge on any atom is -0.478 e.